The van der Waals surface area contributed by atoms with Gasteiger partial charge >= 0.3 is 6.03 Å². The summed E-state index contributed by atoms with van der Waals surface area (Å²) in [6.07, 6.45) is 1.72. The molecule has 1 aliphatic heterocycles. The zero-order chi connectivity index (χ0) is 19.3. The summed E-state index contributed by atoms with van der Waals surface area (Å²) in [5, 5.41) is 5.69. The maximum Gasteiger partial charge on any atom is 0.319 e. The van der Waals surface area contributed by atoms with Crippen molar-refractivity contribution in [2.75, 3.05) is 36.5 Å². The summed E-state index contributed by atoms with van der Waals surface area (Å²) < 4.78 is 5.35. The molecule has 1 fully saturated rings. The maximum atomic E-state index is 12.2. The SMILES string of the molecule is CC(C)(C)c1ccc(NC(=O)NCc2ccnc(N3CCOCC3)n2)cc1. The quantitative estimate of drug-likeness (QED) is 0.866. The Morgan fingerprint density at radius 1 is 1.15 bits per heavy atom. The average Bonchev–Trinajstić information content (AvgIpc) is 2.67. The lowest BCUT2D eigenvalue weighted by Gasteiger charge is -2.26. The van der Waals surface area contributed by atoms with E-state index in [0.717, 1.165) is 24.5 Å². The number of nitrogens with zero attached hydrogens (tertiary/aromatic N) is 3. The van der Waals surface area contributed by atoms with E-state index in [1.807, 2.05) is 30.3 Å². The molecular weight excluding hydrogens is 342 g/mol. The van der Waals surface area contributed by atoms with Crippen LogP contribution in [0.3, 0.4) is 0 Å². The maximum absolute atomic E-state index is 12.2. The Balaban J connectivity index is 1.53. The first-order valence-corrected chi connectivity index (χ1v) is 9.22. The number of morpholine rings is 1. The first kappa shape index (κ1) is 19.1. The van der Waals surface area contributed by atoms with Crippen molar-refractivity contribution in [1.82, 2.24) is 15.3 Å². The number of hydrogen-bond donors (Lipinski definition) is 2. The molecule has 0 saturated carbocycles. The van der Waals surface area contributed by atoms with Crippen LogP contribution in [0.1, 0.15) is 32.0 Å². The van der Waals surface area contributed by atoms with Gasteiger partial charge in [-0.05, 0) is 29.2 Å². The molecule has 27 heavy (non-hydrogen) atoms. The number of amides is 2. The van der Waals surface area contributed by atoms with E-state index in [2.05, 4.69) is 46.3 Å². The van der Waals surface area contributed by atoms with Gasteiger partial charge in [-0.1, -0.05) is 32.9 Å². The summed E-state index contributed by atoms with van der Waals surface area (Å²) in [6.45, 7) is 9.75. The van der Waals surface area contributed by atoms with E-state index in [-0.39, 0.29) is 11.4 Å². The van der Waals surface area contributed by atoms with Gasteiger partial charge in [0.15, 0.2) is 0 Å². The van der Waals surface area contributed by atoms with Gasteiger partial charge in [0.25, 0.3) is 0 Å². The standard InChI is InChI=1S/C20H27N5O2/c1-20(2,3)15-4-6-16(7-5-15)24-19(26)22-14-17-8-9-21-18(23-17)25-10-12-27-13-11-25/h4-9H,10-14H2,1-3H3,(H2,22,24,26). The Morgan fingerprint density at radius 3 is 2.52 bits per heavy atom. The van der Waals surface area contributed by atoms with Gasteiger partial charge in [0.1, 0.15) is 0 Å². The van der Waals surface area contributed by atoms with Gasteiger partial charge in [0, 0.05) is 25.0 Å². The monoisotopic (exact) mass is 369 g/mol. The number of anilines is 2. The molecule has 1 aliphatic rings. The third-order valence-corrected chi connectivity index (χ3v) is 4.43. The van der Waals surface area contributed by atoms with Gasteiger partial charge in [-0.25, -0.2) is 14.8 Å². The molecule has 3 rings (SSSR count). The van der Waals surface area contributed by atoms with Crippen LogP contribution in [0.25, 0.3) is 0 Å². The third-order valence-electron chi connectivity index (χ3n) is 4.43. The minimum atomic E-state index is -0.259. The fraction of sp³-hybridized carbons (Fsp3) is 0.450. The number of benzene rings is 1. The van der Waals surface area contributed by atoms with Crippen molar-refractivity contribution in [2.45, 2.75) is 32.7 Å². The van der Waals surface area contributed by atoms with E-state index < -0.39 is 0 Å². The van der Waals surface area contributed by atoms with Gasteiger partial charge in [-0.15, -0.1) is 0 Å². The Morgan fingerprint density at radius 2 is 1.85 bits per heavy atom. The Bertz CT molecular complexity index is 765. The largest absolute Gasteiger partial charge is 0.378 e. The molecule has 0 spiro atoms. The molecule has 0 bridgehead atoms. The van der Waals surface area contributed by atoms with E-state index >= 15 is 0 Å². The number of ether oxygens (including phenoxy) is 1. The fourth-order valence-corrected chi connectivity index (χ4v) is 2.80. The molecule has 1 aromatic carbocycles. The molecule has 2 N–H and O–H groups in total. The van der Waals surface area contributed by atoms with Crippen LogP contribution >= 0.6 is 0 Å². The molecule has 1 saturated heterocycles. The highest BCUT2D eigenvalue weighted by atomic mass is 16.5. The molecule has 0 unspecified atom stereocenters. The topological polar surface area (TPSA) is 79.4 Å². The summed E-state index contributed by atoms with van der Waals surface area (Å²) in [5.41, 5.74) is 2.85. The second kappa shape index (κ2) is 8.35. The van der Waals surface area contributed by atoms with Crippen LogP contribution in [0, 0.1) is 0 Å². The van der Waals surface area contributed by atoms with Crippen molar-refractivity contribution < 1.29 is 9.53 Å². The first-order valence-electron chi connectivity index (χ1n) is 9.22. The highest BCUT2D eigenvalue weighted by Crippen LogP contribution is 2.23. The number of nitrogens with one attached hydrogen (secondary N) is 2. The molecule has 0 radical (unpaired) electrons. The molecular formula is C20H27N5O2. The number of carbonyl (C=O) groups excluding carboxylic acids is 1. The zero-order valence-corrected chi connectivity index (χ0v) is 16.2. The smallest absolute Gasteiger partial charge is 0.319 e. The second-order valence-electron chi connectivity index (χ2n) is 7.58. The number of carbonyl (C=O) groups is 1. The minimum absolute atomic E-state index is 0.0893. The van der Waals surface area contributed by atoms with E-state index in [1.165, 1.54) is 5.56 Å². The Hall–Kier alpha value is -2.67. The summed E-state index contributed by atoms with van der Waals surface area (Å²) in [6, 6.07) is 9.46. The summed E-state index contributed by atoms with van der Waals surface area (Å²) in [5.74, 6) is 0.677. The van der Waals surface area contributed by atoms with Crippen molar-refractivity contribution in [3.63, 3.8) is 0 Å². The summed E-state index contributed by atoms with van der Waals surface area (Å²) >= 11 is 0. The van der Waals surface area contributed by atoms with E-state index in [9.17, 15) is 4.79 Å². The minimum Gasteiger partial charge on any atom is -0.378 e. The lowest BCUT2D eigenvalue weighted by molar-refractivity contribution is 0.122. The van der Waals surface area contributed by atoms with Crippen molar-refractivity contribution in [2.24, 2.45) is 0 Å². The van der Waals surface area contributed by atoms with Crippen molar-refractivity contribution in [3.05, 3.63) is 47.8 Å². The van der Waals surface area contributed by atoms with Gasteiger partial charge in [0.05, 0.1) is 25.5 Å². The van der Waals surface area contributed by atoms with Crippen molar-refractivity contribution in [1.29, 1.82) is 0 Å². The predicted molar refractivity (Wildman–Crippen MR) is 106 cm³/mol. The van der Waals surface area contributed by atoms with E-state index in [1.54, 1.807) is 6.20 Å². The van der Waals surface area contributed by atoms with Crippen LogP contribution in [0.4, 0.5) is 16.4 Å². The van der Waals surface area contributed by atoms with Gasteiger partial charge in [-0.2, -0.15) is 0 Å². The Labute approximate surface area is 160 Å². The van der Waals surface area contributed by atoms with Crippen molar-refractivity contribution in [3.8, 4) is 0 Å². The fourth-order valence-electron chi connectivity index (χ4n) is 2.80. The zero-order valence-electron chi connectivity index (χ0n) is 16.2. The molecule has 0 atom stereocenters. The van der Waals surface area contributed by atoms with E-state index in [4.69, 9.17) is 4.74 Å². The first-order chi connectivity index (χ1) is 12.9. The molecule has 144 valence electrons. The summed E-state index contributed by atoms with van der Waals surface area (Å²) in [7, 11) is 0. The van der Waals surface area contributed by atoms with Crippen LogP contribution in [-0.2, 0) is 16.7 Å². The normalized spacial score (nSPS) is 14.7. The van der Waals surface area contributed by atoms with E-state index in [0.29, 0.717) is 25.7 Å². The van der Waals surface area contributed by atoms with Gasteiger partial charge in [-0.3, -0.25) is 0 Å². The average molecular weight is 369 g/mol. The summed E-state index contributed by atoms with van der Waals surface area (Å²) in [4.78, 5) is 23.1. The molecule has 0 aliphatic carbocycles. The molecule has 2 heterocycles. The number of rotatable bonds is 4. The van der Waals surface area contributed by atoms with Gasteiger partial charge < -0.3 is 20.3 Å². The van der Waals surface area contributed by atoms with Crippen LogP contribution in [-0.4, -0.2) is 42.3 Å². The molecule has 1 aromatic heterocycles. The van der Waals surface area contributed by atoms with Crippen LogP contribution < -0.4 is 15.5 Å². The number of aromatic nitrogens is 2. The highest BCUT2D eigenvalue weighted by molar-refractivity contribution is 5.89. The second-order valence-corrected chi connectivity index (χ2v) is 7.58. The number of urea groups is 1. The molecule has 2 aromatic rings. The molecule has 7 heteroatoms. The predicted octanol–water partition coefficient (Wildman–Crippen LogP) is 2.93. The highest BCUT2D eigenvalue weighted by Gasteiger charge is 2.15. The third kappa shape index (κ3) is 5.40. The lowest BCUT2D eigenvalue weighted by atomic mass is 9.87. The van der Waals surface area contributed by atoms with Crippen molar-refractivity contribution >= 4 is 17.7 Å². The molecule has 2 amide bonds. The van der Waals surface area contributed by atoms with Crippen LogP contribution in [0.5, 0.6) is 0 Å². The Kier molecular flexibility index (Phi) is 5.91. The molecule has 7 nitrogen and oxygen atoms in total. The van der Waals surface area contributed by atoms with Crippen LogP contribution in [0.2, 0.25) is 0 Å². The lowest BCUT2D eigenvalue weighted by Crippen LogP contribution is -2.37. The van der Waals surface area contributed by atoms with Crippen LogP contribution in [0.15, 0.2) is 36.5 Å². The number of hydrogen-bond acceptors (Lipinski definition) is 5. The van der Waals surface area contributed by atoms with Gasteiger partial charge in [0.2, 0.25) is 5.95 Å².